The number of carbonyl (C=O) groups is 1. The van der Waals surface area contributed by atoms with Crippen LogP contribution in [-0.2, 0) is 4.74 Å². The summed E-state index contributed by atoms with van der Waals surface area (Å²) in [4.78, 5) is 15.2. The fourth-order valence-corrected chi connectivity index (χ4v) is 2.22. The maximum Gasteiger partial charge on any atom is 0.338 e. The number of carbonyl (C=O) groups excluding carboxylic acids is 1. The van der Waals surface area contributed by atoms with E-state index < -0.39 is 11.9 Å². The van der Waals surface area contributed by atoms with Crippen molar-refractivity contribution in [2.45, 2.75) is 0 Å². The Bertz CT molecular complexity index is 626. The Kier molecular flexibility index (Phi) is 4.02. The zero-order valence-electron chi connectivity index (χ0n) is 9.78. The number of rotatable bonds is 2. The van der Waals surface area contributed by atoms with Crippen LogP contribution in [0.15, 0.2) is 30.5 Å². The van der Waals surface area contributed by atoms with Gasteiger partial charge in [-0.3, -0.25) is 0 Å². The molecule has 0 aliphatic rings. The highest BCUT2D eigenvalue weighted by Gasteiger charge is 2.18. The van der Waals surface area contributed by atoms with Crippen molar-refractivity contribution in [2.24, 2.45) is 0 Å². The lowest BCUT2D eigenvalue weighted by molar-refractivity contribution is 0.0601. The molecular formula is C13H8Cl2FNO2. The predicted molar refractivity (Wildman–Crippen MR) is 71.0 cm³/mol. The average Bonchev–Trinajstić information content (AvgIpc) is 2.36. The molecule has 0 atom stereocenters. The van der Waals surface area contributed by atoms with Crippen LogP contribution in [0.4, 0.5) is 4.39 Å². The molecule has 6 heteroatoms. The molecule has 0 amide bonds. The van der Waals surface area contributed by atoms with Crippen LogP contribution >= 0.6 is 23.2 Å². The quantitative estimate of drug-likeness (QED) is 0.622. The number of halogens is 3. The molecule has 3 nitrogen and oxygen atoms in total. The first-order valence-electron chi connectivity index (χ1n) is 5.22. The largest absolute Gasteiger partial charge is 0.465 e. The Labute approximate surface area is 118 Å². The molecule has 0 radical (unpaired) electrons. The van der Waals surface area contributed by atoms with Crippen LogP contribution in [0.3, 0.4) is 0 Å². The summed E-state index contributed by atoms with van der Waals surface area (Å²) in [6.07, 6.45) is 1.19. The average molecular weight is 300 g/mol. The lowest BCUT2D eigenvalue weighted by Crippen LogP contribution is -2.06. The number of methoxy groups -OCH3 is 1. The second kappa shape index (κ2) is 5.55. The fourth-order valence-electron chi connectivity index (χ4n) is 1.69. The van der Waals surface area contributed by atoms with Gasteiger partial charge in [0, 0.05) is 16.2 Å². The summed E-state index contributed by atoms with van der Waals surface area (Å²) in [5, 5.41) is 0.670. The number of hydrogen-bond acceptors (Lipinski definition) is 3. The van der Waals surface area contributed by atoms with E-state index in [9.17, 15) is 9.18 Å². The first-order valence-corrected chi connectivity index (χ1v) is 5.98. The molecule has 1 aromatic heterocycles. The summed E-state index contributed by atoms with van der Waals surface area (Å²) >= 11 is 11.7. The number of benzene rings is 1. The number of aromatic nitrogens is 1. The third-order valence-corrected chi connectivity index (χ3v) is 2.90. The second-order valence-electron chi connectivity index (χ2n) is 3.67. The van der Waals surface area contributed by atoms with Gasteiger partial charge in [0.2, 0.25) is 5.95 Å². The van der Waals surface area contributed by atoms with E-state index in [-0.39, 0.29) is 11.1 Å². The van der Waals surface area contributed by atoms with Crippen molar-refractivity contribution in [3.8, 4) is 11.1 Å². The normalized spacial score (nSPS) is 10.3. The van der Waals surface area contributed by atoms with Crippen molar-refractivity contribution < 1.29 is 13.9 Å². The van der Waals surface area contributed by atoms with Crippen LogP contribution in [-0.4, -0.2) is 18.1 Å². The van der Waals surface area contributed by atoms with Crippen LogP contribution in [0.1, 0.15) is 10.4 Å². The summed E-state index contributed by atoms with van der Waals surface area (Å²) in [7, 11) is 1.22. The number of nitrogens with zero attached hydrogens (tertiary/aromatic N) is 1. The molecule has 19 heavy (non-hydrogen) atoms. The molecule has 1 aromatic carbocycles. The maximum absolute atomic E-state index is 13.9. The van der Waals surface area contributed by atoms with E-state index in [0.29, 0.717) is 15.6 Å². The number of esters is 1. The highest BCUT2D eigenvalue weighted by Crippen LogP contribution is 2.31. The van der Waals surface area contributed by atoms with Gasteiger partial charge in [-0.1, -0.05) is 23.2 Å². The second-order valence-corrected chi connectivity index (χ2v) is 4.55. The minimum atomic E-state index is -0.791. The van der Waals surface area contributed by atoms with Crippen molar-refractivity contribution in [1.29, 1.82) is 0 Å². The molecule has 0 spiro atoms. The summed E-state index contributed by atoms with van der Waals surface area (Å²) in [5.41, 5.74) is 0.440. The third kappa shape index (κ3) is 2.85. The van der Waals surface area contributed by atoms with Gasteiger partial charge in [0.1, 0.15) is 0 Å². The molecule has 0 aliphatic carbocycles. The van der Waals surface area contributed by atoms with Crippen LogP contribution in [0.2, 0.25) is 10.0 Å². The molecule has 0 unspecified atom stereocenters. The molecule has 2 rings (SSSR count). The van der Waals surface area contributed by atoms with Gasteiger partial charge in [0.15, 0.2) is 0 Å². The highest BCUT2D eigenvalue weighted by molar-refractivity contribution is 6.35. The van der Waals surface area contributed by atoms with Crippen molar-refractivity contribution in [2.75, 3.05) is 7.11 Å². The zero-order valence-corrected chi connectivity index (χ0v) is 11.3. The SMILES string of the molecule is COC(=O)c1ccnc(F)c1-c1cc(Cl)cc(Cl)c1. The molecule has 0 saturated carbocycles. The summed E-state index contributed by atoms with van der Waals surface area (Å²) < 4.78 is 18.5. The molecule has 0 aliphatic heterocycles. The van der Waals surface area contributed by atoms with E-state index in [0.717, 1.165) is 0 Å². The molecular weight excluding hydrogens is 292 g/mol. The molecule has 2 aromatic rings. The lowest BCUT2D eigenvalue weighted by Gasteiger charge is -2.09. The van der Waals surface area contributed by atoms with Gasteiger partial charge in [-0.15, -0.1) is 0 Å². The van der Waals surface area contributed by atoms with Gasteiger partial charge < -0.3 is 4.74 Å². The summed E-state index contributed by atoms with van der Waals surface area (Å²) in [6, 6.07) is 5.89. The van der Waals surface area contributed by atoms with E-state index in [2.05, 4.69) is 9.72 Å². The van der Waals surface area contributed by atoms with Crippen molar-refractivity contribution >= 4 is 29.2 Å². The molecule has 0 fully saturated rings. The molecule has 1 heterocycles. The minimum Gasteiger partial charge on any atom is -0.465 e. The van der Waals surface area contributed by atoms with Gasteiger partial charge in [-0.05, 0) is 29.8 Å². The van der Waals surface area contributed by atoms with Gasteiger partial charge in [-0.25, -0.2) is 9.78 Å². The van der Waals surface area contributed by atoms with Crippen molar-refractivity contribution in [3.05, 3.63) is 52.0 Å². The Morgan fingerprint density at radius 2 is 1.89 bits per heavy atom. The summed E-state index contributed by atoms with van der Waals surface area (Å²) in [5.74, 6) is -1.45. The first-order chi connectivity index (χ1) is 9.02. The fraction of sp³-hybridized carbons (Fsp3) is 0.0769. The Morgan fingerprint density at radius 3 is 2.47 bits per heavy atom. The van der Waals surface area contributed by atoms with E-state index in [1.54, 1.807) is 0 Å². The Balaban J connectivity index is 2.70. The van der Waals surface area contributed by atoms with Gasteiger partial charge in [0.05, 0.1) is 18.2 Å². The minimum absolute atomic E-state index is 0.0127. The van der Waals surface area contributed by atoms with Crippen LogP contribution in [0, 0.1) is 5.95 Å². The maximum atomic E-state index is 13.9. The lowest BCUT2D eigenvalue weighted by atomic mass is 10.0. The molecule has 0 bridgehead atoms. The predicted octanol–water partition coefficient (Wildman–Crippen LogP) is 3.98. The molecule has 98 valence electrons. The van der Waals surface area contributed by atoms with E-state index in [1.807, 2.05) is 0 Å². The Hall–Kier alpha value is -1.65. The first kappa shape index (κ1) is 13.8. The third-order valence-electron chi connectivity index (χ3n) is 2.46. The number of ether oxygens (including phenoxy) is 1. The van der Waals surface area contributed by atoms with E-state index in [4.69, 9.17) is 23.2 Å². The summed E-state index contributed by atoms with van der Waals surface area (Å²) in [6.45, 7) is 0. The zero-order chi connectivity index (χ0) is 14.0. The van der Waals surface area contributed by atoms with Gasteiger partial charge in [0.25, 0.3) is 0 Å². The highest BCUT2D eigenvalue weighted by atomic mass is 35.5. The number of hydrogen-bond donors (Lipinski definition) is 0. The van der Waals surface area contributed by atoms with E-state index in [1.165, 1.54) is 37.6 Å². The van der Waals surface area contributed by atoms with Crippen LogP contribution < -0.4 is 0 Å². The van der Waals surface area contributed by atoms with E-state index >= 15 is 0 Å². The van der Waals surface area contributed by atoms with Crippen LogP contribution in [0.25, 0.3) is 11.1 Å². The monoisotopic (exact) mass is 299 g/mol. The van der Waals surface area contributed by atoms with Crippen molar-refractivity contribution in [3.63, 3.8) is 0 Å². The van der Waals surface area contributed by atoms with Crippen LogP contribution in [0.5, 0.6) is 0 Å². The van der Waals surface area contributed by atoms with Gasteiger partial charge >= 0.3 is 5.97 Å². The molecule has 0 saturated heterocycles. The Morgan fingerprint density at radius 1 is 1.26 bits per heavy atom. The van der Waals surface area contributed by atoms with Crippen molar-refractivity contribution in [1.82, 2.24) is 4.98 Å². The van der Waals surface area contributed by atoms with Gasteiger partial charge in [-0.2, -0.15) is 4.39 Å². The number of pyridine rings is 1. The standard InChI is InChI=1S/C13H8Cl2FNO2/c1-19-13(18)10-2-3-17-12(16)11(10)7-4-8(14)6-9(15)5-7/h2-6H,1H3. The smallest absolute Gasteiger partial charge is 0.338 e. The molecule has 0 N–H and O–H groups in total. The topological polar surface area (TPSA) is 39.2 Å².